The van der Waals surface area contributed by atoms with Gasteiger partial charge in [-0.1, -0.05) is 0 Å². The summed E-state index contributed by atoms with van der Waals surface area (Å²) in [5.41, 5.74) is 0.640. The van der Waals surface area contributed by atoms with Crippen molar-refractivity contribution in [2.75, 3.05) is 11.9 Å². The summed E-state index contributed by atoms with van der Waals surface area (Å²) in [5, 5.41) is 17.6. The average Bonchev–Trinajstić information content (AvgIpc) is 2.97. The second-order valence-corrected chi connectivity index (χ2v) is 4.33. The van der Waals surface area contributed by atoms with Crippen LogP contribution in [0.5, 0.6) is 0 Å². The molecule has 0 bridgehead atoms. The molecule has 90 valence electrons. The molecule has 0 saturated heterocycles. The van der Waals surface area contributed by atoms with Crippen molar-refractivity contribution in [1.29, 1.82) is 0 Å². The maximum absolute atomic E-state index is 11.4. The van der Waals surface area contributed by atoms with E-state index in [2.05, 4.69) is 10.6 Å². The number of rotatable bonds is 4. The summed E-state index contributed by atoms with van der Waals surface area (Å²) in [7, 11) is 0. The van der Waals surface area contributed by atoms with Gasteiger partial charge in [-0.05, 0) is 23.6 Å². The lowest BCUT2D eigenvalue weighted by Gasteiger charge is -2.10. The van der Waals surface area contributed by atoms with E-state index in [1.54, 1.807) is 12.1 Å². The monoisotopic (exact) mass is 252 g/mol. The predicted octanol–water partition coefficient (Wildman–Crippen LogP) is 2.20. The number of hydrogen-bond donors (Lipinski definition) is 3. The third kappa shape index (κ3) is 3.33. The molecule has 0 aromatic carbocycles. The highest BCUT2D eigenvalue weighted by Crippen LogP contribution is 2.15. The molecule has 3 N–H and O–H groups in total. The highest BCUT2D eigenvalue weighted by Gasteiger charge is 2.10. The molecular weight excluding hydrogens is 240 g/mol. The number of hydrogen-bond acceptors (Lipinski definition) is 4. The fraction of sp³-hybridized carbons (Fsp3) is 0.182. The zero-order valence-electron chi connectivity index (χ0n) is 8.92. The Bertz CT molecular complexity index is 453. The molecule has 2 amide bonds. The number of nitrogens with one attached hydrogen (secondary N) is 2. The molecule has 1 unspecified atom stereocenters. The van der Waals surface area contributed by atoms with Gasteiger partial charge in [-0.3, -0.25) is 5.32 Å². The number of anilines is 1. The van der Waals surface area contributed by atoms with Crippen LogP contribution in [0, 0.1) is 0 Å². The van der Waals surface area contributed by atoms with E-state index in [0.29, 0.717) is 5.56 Å². The van der Waals surface area contributed by atoms with Crippen LogP contribution < -0.4 is 10.6 Å². The van der Waals surface area contributed by atoms with E-state index < -0.39 is 6.10 Å². The smallest absolute Gasteiger partial charge is 0.319 e. The SMILES string of the molecule is O=C(NCC(O)c1ccoc1)Nc1cccs1. The third-order valence-corrected chi connectivity index (χ3v) is 2.93. The first-order chi connectivity index (χ1) is 8.25. The number of thiophene rings is 1. The minimum atomic E-state index is -0.761. The van der Waals surface area contributed by atoms with Gasteiger partial charge < -0.3 is 14.8 Å². The van der Waals surface area contributed by atoms with Gasteiger partial charge in [0.25, 0.3) is 0 Å². The number of carbonyl (C=O) groups excluding carboxylic acids is 1. The fourth-order valence-electron chi connectivity index (χ4n) is 1.28. The van der Waals surface area contributed by atoms with Gasteiger partial charge in [-0.25, -0.2) is 4.79 Å². The molecule has 2 aromatic heterocycles. The third-order valence-electron chi connectivity index (χ3n) is 2.14. The second kappa shape index (κ2) is 5.51. The predicted molar refractivity (Wildman–Crippen MR) is 65.0 cm³/mol. The molecule has 0 fully saturated rings. The minimum absolute atomic E-state index is 0.136. The summed E-state index contributed by atoms with van der Waals surface area (Å²) in [4.78, 5) is 11.4. The Morgan fingerprint density at radius 3 is 3.06 bits per heavy atom. The van der Waals surface area contributed by atoms with E-state index in [4.69, 9.17) is 4.42 Å². The topological polar surface area (TPSA) is 74.5 Å². The fourth-order valence-corrected chi connectivity index (χ4v) is 1.89. The lowest BCUT2D eigenvalue weighted by atomic mass is 10.2. The lowest BCUT2D eigenvalue weighted by molar-refractivity contribution is 0.174. The van der Waals surface area contributed by atoms with Gasteiger partial charge in [0.1, 0.15) is 0 Å². The first-order valence-corrected chi connectivity index (χ1v) is 5.92. The van der Waals surface area contributed by atoms with Crippen LogP contribution in [0.1, 0.15) is 11.7 Å². The van der Waals surface area contributed by atoms with E-state index in [1.165, 1.54) is 23.9 Å². The Balaban J connectivity index is 1.76. The molecule has 5 nitrogen and oxygen atoms in total. The van der Waals surface area contributed by atoms with Gasteiger partial charge in [0, 0.05) is 12.1 Å². The van der Waals surface area contributed by atoms with Gasteiger partial charge in [0.05, 0.1) is 23.6 Å². The normalized spacial score (nSPS) is 12.1. The molecule has 0 aliphatic carbocycles. The molecule has 0 spiro atoms. The number of urea groups is 1. The zero-order valence-corrected chi connectivity index (χ0v) is 9.74. The minimum Gasteiger partial charge on any atom is -0.472 e. The molecule has 6 heteroatoms. The van der Waals surface area contributed by atoms with Crippen molar-refractivity contribution in [3.63, 3.8) is 0 Å². The van der Waals surface area contributed by atoms with Crippen molar-refractivity contribution in [3.8, 4) is 0 Å². The van der Waals surface area contributed by atoms with E-state index in [-0.39, 0.29) is 12.6 Å². The Labute approximate surface area is 102 Å². The van der Waals surface area contributed by atoms with E-state index in [9.17, 15) is 9.90 Å². The van der Waals surface area contributed by atoms with E-state index in [0.717, 1.165) is 5.00 Å². The van der Waals surface area contributed by atoms with Crippen LogP contribution in [0.15, 0.2) is 40.5 Å². The second-order valence-electron chi connectivity index (χ2n) is 3.38. The van der Waals surface area contributed by atoms with E-state index in [1.807, 2.05) is 11.4 Å². The van der Waals surface area contributed by atoms with Crippen LogP contribution in [0.2, 0.25) is 0 Å². The quantitative estimate of drug-likeness (QED) is 0.780. The van der Waals surface area contributed by atoms with Crippen molar-refractivity contribution in [1.82, 2.24) is 5.32 Å². The summed E-state index contributed by atoms with van der Waals surface area (Å²) in [6, 6.07) is 4.97. The van der Waals surface area contributed by atoms with Crippen LogP contribution in [0.25, 0.3) is 0 Å². The summed E-state index contributed by atoms with van der Waals surface area (Å²) >= 11 is 1.43. The average molecular weight is 252 g/mol. The number of furan rings is 1. The highest BCUT2D eigenvalue weighted by molar-refractivity contribution is 7.14. The van der Waals surface area contributed by atoms with Gasteiger partial charge in [0.15, 0.2) is 0 Å². The molecule has 0 aliphatic heterocycles. The summed E-state index contributed by atoms with van der Waals surface area (Å²) in [5.74, 6) is 0. The summed E-state index contributed by atoms with van der Waals surface area (Å²) in [6.45, 7) is 0.136. The highest BCUT2D eigenvalue weighted by atomic mass is 32.1. The number of carbonyl (C=O) groups is 1. The molecule has 2 aromatic rings. The van der Waals surface area contributed by atoms with Crippen LogP contribution in [-0.4, -0.2) is 17.7 Å². The van der Waals surface area contributed by atoms with Crippen molar-refractivity contribution in [2.45, 2.75) is 6.10 Å². The molecule has 1 atom stereocenters. The standard InChI is InChI=1S/C11H12N2O3S/c14-9(8-3-4-16-7-8)6-12-11(15)13-10-2-1-5-17-10/h1-5,7,9,14H,6H2,(H2,12,13,15). The van der Waals surface area contributed by atoms with Crippen LogP contribution >= 0.6 is 11.3 Å². The van der Waals surface area contributed by atoms with Crippen LogP contribution in [-0.2, 0) is 0 Å². The van der Waals surface area contributed by atoms with Gasteiger partial charge >= 0.3 is 6.03 Å². The molecule has 2 heterocycles. The van der Waals surface area contributed by atoms with Crippen molar-refractivity contribution < 1.29 is 14.3 Å². The van der Waals surface area contributed by atoms with Gasteiger partial charge in [0.2, 0.25) is 0 Å². The first kappa shape index (κ1) is 11.7. The zero-order chi connectivity index (χ0) is 12.1. The molecule has 2 rings (SSSR count). The largest absolute Gasteiger partial charge is 0.472 e. The molecule has 0 radical (unpaired) electrons. The number of aliphatic hydroxyl groups is 1. The number of amides is 2. The molecule has 0 saturated carbocycles. The van der Waals surface area contributed by atoms with Crippen LogP contribution in [0.3, 0.4) is 0 Å². The maximum Gasteiger partial charge on any atom is 0.319 e. The van der Waals surface area contributed by atoms with Crippen molar-refractivity contribution in [2.24, 2.45) is 0 Å². The Hall–Kier alpha value is -1.79. The van der Waals surface area contributed by atoms with Gasteiger partial charge in [-0.2, -0.15) is 0 Å². The van der Waals surface area contributed by atoms with Gasteiger partial charge in [-0.15, -0.1) is 11.3 Å². The Morgan fingerprint density at radius 1 is 1.53 bits per heavy atom. The molecular formula is C11H12N2O3S. The summed E-state index contributed by atoms with van der Waals surface area (Å²) in [6.07, 6.45) is 2.16. The number of aliphatic hydroxyl groups excluding tert-OH is 1. The Morgan fingerprint density at radius 2 is 2.41 bits per heavy atom. The molecule has 17 heavy (non-hydrogen) atoms. The van der Waals surface area contributed by atoms with Crippen molar-refractivity contribution in [3.05, 3.63) is 41.7 Å². The first-order valence-electron chi connectivity index (χ1n) is 5.04. The maximum atomic E-state index is 11.4. The van der Waals surface area contributed by atoms with Crippen molar-refractivity contribution >= 4 is 22.4 Å². The Kier molecular flexibility index (Phi) is 3.79. The summed E-state index contributed by atoms with van der Waals surface area (Å²) < 4.78 is 4.84. The lowest BCUT2D eigenvalue weighted by Crippen LogP contribution is -2.32. The van der Waals surface area contributed by atoms with Crippen LogP contribution in [0.4, 0.5) is 9.80 Å². The van der Waals surface area contributed by atoms with E-state index >= 15 is 0 Å². The molecule has 0 aliphatic rings.